The molecular formula is C24H28N2O2S. The van der Waals surface area contributed by atoms with Crippen molar-refractivity contribution in [3.63, 3.8) is 0 Å². The standard InChI is InChI=1S/C24H28N2O2S/c1-4-10-26(24(27)14-20-8-6-5-7-9-20)15-21-17-29-23(25-21)16-28-22-12-18(2)11-19(3)13-22/h5-9,11-13,17H,4,10,14-16H2,1-3H3. The van der Waals surface area contributed by atoms with Crippen LogP contribution in [0.2, 0.25) is 0 Å². The fraction of sp³-hybridized carbons (Fsp3) is 0.333. The summed E-state index contributed by atoms with van der Waals surface area (Å²) < 4.78 is 5.91. The summed E-state index contributed by atoms with van der Waals surface area (Å²) >= 11 is 1.58. The average Bonchev–Trinajstić information content (AvgIpc) is 3.13. The molecule has 0 aliphatic heterocycles. The van der Waals surface area contributed by atoms with E-state index in [2.05, 4.69) is 31.8 Å². The van der Waals surface area contributed by atoms with Crippen LogP contribution in [0.3, 0.4) is 0 Å². The van der Waals surface area contributed by atoms with Crippen LogP contribution in [0.5, 0.6) is 5.75 Å². The number of nitrogens with zero attached hydrogens (tertiary/aromatic N) is 2. The number of hydrogen-bond donors (Lipinski definition) is 0. The first kappa shape index (κ1) is 21.1. The van der Waals surface area contributed by atoms with Crippen molar-refractivity contribution in [2.24, 2.45) is 0 Å². The summed E-state index contributed by atoms with van der Waals surface area (Å²) in [4.78, 5) is 19.3. The lowest BCUT2D eigenvalue weighted by Crippen LogP contribution is -2.32. The van der Waals surface area contributed by atoms with E-state index in [1.165, 1.54) is 11.1 Å². The van der Waals surface area contributed by atoms with Gasteiger partial charge in [0, 0.05) is 11.9 Å². The summed E-state index contributed by atoms with van der Waals surface area (Å²) in [6.07, 6.45) is 1.35. The third-order valence-electron chi connectivity index (χ3n) is 4.55. The molecule has 0 saturated heterocycles. The van der Waals surface area contributed by atoms with Gasteiger partial charge in [-0.15, -0.1) is 11.3 Å². The molecule has 3 aromatic rings. The number of aryl methyl sites for hydroxylation is 2. The molecular weight excluding hydrogens is 380 g/mol. The Morgan fingerprint density at radius 2 is 1.83 bits per heavy atom. The van der Waals surface area contributed by atoms with Gasteiger partial charge >= 0.3 is 0 Å². The van der Waals surface area contributed by atoms with Crippen molar-refractivity contribution in [1.82, 2.24) is 9.88 Å². The van der Waals surface area contributed by atoms with Gasteiger partial charge in [-0.2, -0.15) is 0 Å². The second-order valence-electron chi connectivity index (χ2n) is 7.32. The zero-order chi connectivity index (χ0) is 20.6. The molecule has 0 aliphatic carbocycles. The van der Waals surface area contributed by atoms with E-state index in [9.17, 15) is 4.79 Å². The van der Waals surface area contributed by atoms with E-state index in [0.29, 0.717) is 19.6 Å². The first-order valence-corrected chi connectivity index (χ1v) is 10.9. The van der Waals surface area contributed by atoms with E-state index in [4.69, 9.17) is 4.74 Å². The number of hydrogen-bond acceptors (Lipinski definition) is 4. The Hall–Kier alpha value is -2.66. The third-order valence-corrected chi connectivity index (χ3v) is 5.43. The van der Waals surface area contributed by atoms with E-state index >= 15 is 0 Å². The van der Waals surface area contributed by atoms with Crippen LogP contribution in [0.4, 0.5) is 0 Å². The molecule has 0 radical (unpaired) electrons. The molecule has 0 N–H and O–H groups in total. The quantitative estimate of drug-likeness (QED) is 0.481. The molecule has 0 aliphatic rings. The fourth-order valence-electron chi connectivity index (χ4n) is 3.29. The van der Waals surface area contributed by atoms with Crippen molar-refractivity contribution in [2.75, 3.05) is 6.54 Å². The van der Waals surface area contributed by atoms with Gasteiger partial charge in [0.2, 0.25) is 5.91 Å². The number of ether oxygens (including phenoxy) is 1. The Kier molecular flexibility index (Phi) is 7.42. The van der Waals surface area contributed by atoms with Crippen LogP contribution in [-0.4, -0.2) is 22.3 Å². The maximum absolute atomic E-state index is 12.8. The van der Waals surface area contributed by atoms with E-state index < -0.39 is 0 Å². The topological polar surface area (TPSA) is 42.4 Å². The predicted octanol–water partition coefficient (Wildman–Crippen LogP) is 5.32. The van der Waals surface area contributed by atoms with Crippen molar-refractivity contribution in [2.45, 2.75) is 46.8 Å². The molecule has 1 amide bonds. The van der Waals surface area contributed by atoms with Crippen LogP contribution in [0, 0.1) is 13.8 Å². The lowest BCUT2D eigenvalue weighted by Gasteiger charge is -2.21. The summed E-state index contributed by atoms with van der Waals surface area (Å²) in [5, 5.41) is 2.95. The molecule has 4 nitrogen and oxygen atoms in total. The number of rotatable bonds is 9. The highest BCUT2D eigenvalue weighted by Crippen LogP contribution is 2.19. The minimum atomic E-state index is 0.138. The van der Waals surface area contributed by atoms with Crippen molar-refractivity contribution in [1.29, 1.82) is 0 Å². The smallest absolute Gasteiger partial charge is 0.227 e. The Morgan fingerprint density at radius 1 is 1.10 bits per heavy atom. The predicted molar refractivity (Wildman–Crippen MR) is 118 cm³/mol. The summed E-state index contributed by atoms with van der Waals surface area (Å²) in [5.74, 6) is 1.00. The number of benzene rings is 2. The van der Waals surface area contributed by atoms with Gasteiger partial charge in [-0.1, -0.05) is 43.3 Å². The van der Waals surface area contributed by atoms with Crippen LogP contribution in [0.1, 0.15) is 40.7 Å². The highest BCUT2D eigenvalue weighted by atomic mass is 32.1. The largest absolute Gasteiger partial charge is 0.486 e. The van der Waals surface area contributed by atoms with Crippen molar-refractivity contribution < 1.29 is 9.53 Å². The van der Waals surface area contributed by atoms with Crippen LogP contribution < -0.4 is 4.74 Å². The molecule has 0 unspecified atom stereocenters. The van der Waals surface area contributed by atoms with E-state index in [1.807, 2.05) is 52.7 Å². The highest BCUT2D eigenvalue weighted by molar-refractivity contribution is 7.09. The van der Waals surface area contributed by atoms with Crippen LogP contribution >= 0.6 is 11.3 Å². The normalized spacial score (nSPS) is 10.7. The molecule has 1 heterocycles. The second kappa shape index (κ2) is 10.2. The van der Waals surface area contributed by atoms with Crippen LogP contribution in [0.15, 0.2) is 53.9 Å². The Balaban J connectivity index is 1.59. The first-order valence-electron chi connectivity index (χ1n) is 9.99. The van der Waals surface area contributed by atoms with Gasteiger partial charge in [0.05, 0.1) is 18.7 Å². The molecule has 0 spiro atoms. The summed E-state index contributed by atoms with van der Waals surface area (Å²) in [6, 6.07) is 16.1. The monoisotopic (exact) mass is 408 g/mol. The molecule has 3 rings (SSSR count). The first-order chi connectivity index (χ1) is 14.0. The molecule has 0 saturated carbocycles. The number of amides is 1. The Labute approximate surface area is 177 Å². The van der Waals surface area contributed by atoms with Crippen molar-refractivity contribution in [3.8, 4) is 5.75 Å². The van der Waals surface area contributed by atoms with Gasteiger partial charge in [0.15, 0.2) is 0 Å². The molecule has 152 valence electrons. The van der Waals surface area contributed by atoms with Crippen LogP contribution in [-0.2, 0) is 24.4 Å². The molecule has 29 heavy (non-hydrogen) atoms. The second-order valence-corrected chi connectivity index (χ2v) is 8.26. The minimum Gasteiger partial charge on any atom is -0.486 e. The zero-order valence-electron chi connectivity index (χ0n) is 17.4. The summed E-state index contributed by atoms with van der Waals surface area (Å²) in [5.41, 5.74) is 4.34. The van der Waals surface area contributed by atoms with Gasteiger partial charge in [0.1, 0.15) is 17.4 Å². The number of carbonyl (C=O) groups is 1. The van der Waals surface area contributed by atoms with E-state index in [0.717, 1.165) is 35.0 Å². The van der Waals surface area contributed by atoms with E-state index in [1.54, 1.807) is 11.3 Å². The summed E-state index contributed by atoms with van der Waals surface area (Å²) in [6.45, 7) is 7.94. The van der Waals surface area contributed by atoms with Gasteiger partial charge in [-0.3, -0.25) is 4.79 Å². The van der Waals surface area contributed by atoms with Crippen molar-refractivity contribution >= 4 is 17.2 Å². The fourth-order valence-corrected chi connectivity index (χ4v) is 3.99. The van der Waals surface area contributed by atoms with Gasteiger partial charge < -0.3 is 9.64 Å². The summed E-state index contributed by atoms with van der Waals surface area (Å²) in [7, 11) is 0. The minimum absolute atomic E-state index is 0.138. The lowest BCUT2D eigenvalue weighted by molar-refractivity contribution is -0.131. The zero-order valence-corrected chi connectivity index (χ0v) is 18.2. The highest BCUT2D eigenvalue weighted by Gasteiger charge is 2.15. The Bertz CT molecular complexity index is 917. The molecule has 1 aromatic heterocycles. The third kappa shape index (κ3) is 6.43. The SMILES string of the molecule is CCCN(Cc1csc(COc2cc(C)cc(C)c2)n1)C(=O)Cc1ccccc1. The van der Waals surface area contributed by atoms with Crippen LogP contribution in [0.25, 0.3) is 0 Å². The number of aromatic nitrogens is 1. The Morgan fingerprint density at radius 3 is 2.52 bits per heavy atom. The maximum atomic E-state index is 12.8. The molecule has 0 atom stereocenters. The molecule has 0 bridgehead atoms. The molecule has 0 fully saturated rings. The number of thiazole rings is 1. The van der Waals surface area contributed by atoms with Gasteiger partial charge in [-0.25, -0.2) is 4.98 Å². The molecule has 5 heteroatoms. The average molecular weight is 409 g/mol. The molecule has 2 aromatic carbocycles. The van der Waals surface area contributed by atoms with E-state index in [-0.39, 0.29) is 5.91 Å². The lowest BCUT2D eigenvalue weighted by atomic mass is 10.1. The van der Waals surface area contributed by atoms with Gasteiger partial charge in [-0.05, 0) is 49.1 Å². The maximum Gasteiger partial charge on any atom is 0.227 e. The van der Waals surface area contributed by atoms with Gasteiger partial charge in [0.25, 0.3) is 0 Å². The number of carbonyl (C=O) groups excluding carboxylic acids is 1. The van der Waals surface area contributed by atoms with Crippen molar-refractivity contribution in [3.05, 3.63) is 81.3 Å².